The Morgan fingerprint density at radius 3 is 2.91 bits per heavy atom. The number of thiophene rings is 1. The van der Waals surface area contributed by atoms with Crippen molar-refractivity contribution in [2.24, 2.45) is 0 Å². The van der Waals surface area contributed by atoms with Crippen molar-refractivity contribution in [2.45, 2.75) is 0 Å². The first kappa shape index (κ1) is 14.4. The third-order valence-corrected chi connectivity index (χ3v) is 3.77. The van der Waals surface area contributed by atoms with Crippen LogP contribution < -0.4 is 5.32 Å². The molecule has 0 spiro atoms. The topological polar surface area (TPSA) is 101 Å². The summed E-state index contributed by atoms with van der Waals surface area (Å²) in [6.45, 7) is 0. The quantitative estimate of drug-likeness (QED) is 0.707. The summed E-state index contributed by atoms with van der Waals surface area (Å²) in [4.78, 5) is 27.5. The molecule has 0 fully saturated rings. The lowest BCUT2D eigenvalue weighted by atomic mass is 10.2. The molecule has 0 saturated carbocycles. The molecule has 3 rings (SSSR count). The van der Waals surface area contributed by atoms with Gasteiger partial charge in [-0.05, 0) is 23.6 Å². The molecule has 0 aromatic carbocycles. The summed E-state index contributed by atoms with van der Waals surface area (Å²) in [5, 5.41) is 14.0. The number of hydrogen-bond acceptors (Lipinski definition) is 7. The van der Waals surface area contributed by atoms with Gasteiger partial charge >= 0.3 is 5.97 Å². The zero-order chi connectivity index (χ0) is 15.5. The molecule has 22 heavy (non-hydrogen) atoms. The van der Waals surface area contributed by atoms with Gasteiger partial charge in [-0.3, -0.25) is 0 Å². The Morgan fingerprint density at radius 1 is 1.27 bits per heavy atom. The standard InChI is InChI=1S/C13H8ClN5O2S/c14-9-5-7(1-3-15-9)11-16-6-17-13(19-11)18-8-2-4-22-10(8)12(20)21/h1-6H,(H,20,21)(H,16,17,18,19). The van der Waals surface area contributed by atoms with E-state index in [1.54, 1.807) is 29.8 Å². The van der Waals surface area contributed by atoms with E-state index in [0.29, 0.717) is 22.2 Å². The molecule has 0 atom stereocenters. The molecule has 0 aliphatic rings. The van der Waals surface area contributed by atoms with Crippen LogP contribution in [0.15, 0.2) is 36.1 Å². The number of nitrogens with zero attached hydrogens (tertiary/aromatic N) is 4. The van der Waals surface area contributed by atoms with E-state index in [-0.39, 0.29) is 10.8 Å². The van der Waals surface area contributed by atoms with Crippen molar-refractivity contribution in [3.05, 3.63) is 46.1 Å². The highest BCUT2D eigenvalue weighted by atomic mass is 35.5. The van der Waals surface area contributed by atoms with Gasteiger partial charge in [0.15, 0.2) is 5.82 Å². The fraction of sp³-hybridized carbons (Fsp3) is 0. The van der Waals surface area contributed by atoms with Gasteiger partial charge in [0.2, 0.25) is 5.95 Å². The van der Waals surface area contributed by atoms with Crippen molar-refractivity contribution >= 4 is 40.5 Å². The average molecular weight is 334 g/mol. The lowest BCUT2D eigenvalue weighted by molar-refractivity contribution is 0.0703. The Kier molecular flexibility index (Phi) is 3.94. The molecule has 110 valence electrons. The van der Waals surface area contributed by atoms with Gasteiger partial charge in [-0.1, -0.05) is 11.6 Å². The molecule has 3 aromatic rings. The molecular weight excluding hydrogens is 326 g/mol. The van der Waals surface area contributed by atoms with Crippen LogP contribution in [0.1, 0.15) is 9.67 Å². The van der Waals surface area contributed by atoms with E-state index in [0.717, 1.165) is 11.3 Å². The van der Waals surface area contributed by atoms with E-state index in [2.05, 4.69) is 25.3 Å². The summed E-state index contributed by atoms with van der Waals surface area (Å²) >= 11 is 6.96. The van der Waals surface area contributed by atoms with E-state index in [1.807, 2.05) is 0 Å². The molecular formula is C13H8ClN5O2S. The van der Waals surface area contributed by atoms with Gasteiger partial charge in [-0.15, -0.1) is 11.3 Å². The molecule has 0 saturated heterocycles. The number of anilines is 2. The number of hydrogen-bond donors (Lipinski definition) is 2. The van der Waals surface area contributed by atoms with E-state index < -0.39 is 5.97 Å². The highest BCUT2D eigenvalue weighted by molar-refractivity contribution is 7.12. The van der Waals surface area contributed by atoms with E-state index in [4.69, 9.17) is 16.7 Å². The van der Waals surface area contributed by atoms with Gasteiger partial charge in [-0.2, -0.15) is 4.98 Å². The fourth-order valence-corrected chi connectivity index (χ4v) is 2.59. The zero-order valence-corrected chi connectivity index (χ0v) is 12.5. The summed E-state index contributed by atoms with van der Waals surface area (Å²) in [6.07, 6.45) is 2.89. The van der Waals surface area contributed by atoms with Crippen LogP contribution in [-0.4, -0.2) is 31.0 Å². The fourth-order valence-electron chi connectivity index (χ4n) is 1.73. The predicted octanol–water partition coefficient (Wildman–Crippen LogP) is 3.09. The Labute approximate surface area is 133 Å². The molecule has 3 aromatic heterocycles. The molecule has 0 radical (unpaired) electrons. The summed E-state index contributed by atoms with van der Waals surface area (Å²) in [7, 11) is 0. The maximum atomic E-state index is 11.1. The Balaban J connectivity index is 1.91. The van der Waals surface area contributed by atoms with Crippen LogP contribution in [0.4, 0.5) is 11.6 Å². The normalized spacial score (nSPS) is 10.4. The summed E-state index contributed by atoms with van der Waals surface area (Å²) in [5.41, 5.74) is 1.12. The van der Waals surface area contributed by atoms with Crippen molar-refractivity contribution in [3.63, 3.8) is 0 Å². The minimum atomic E-state index is -1.01. The molecule has 0 aliphatic heterocycles. The first-order valence-electron chi connectivity index (χ1n) is 6.02. The third kappa shape index (κ3) is 3.02. The van der Waals surface area contributed by atoms with Crippen LogP contribution in [0.25, 0.3) is 11.4 Å². The molecule has 0 unspecified atom stereocenters. The number of carbonyl (C=O) groups is 1. The predicted molar refractivity (Wildman–Crippen MR) is 82.6 cm³/mol. The van der Waals surface area contributed by atoms with Crippen LogP contribution >= 0.6 is 22.9 Å². The van der Waals surface area contributed by atoms with Gasteiger partial charge < -0.3 is 10.4 Å². The van der Waals surface area contributed by atoms with Crippen molar-refractivity contribution in [3.8, 4) is 11.4 Å². The van der Waals surface area contributed by atoms with Crippen molar-refractivity contribution < 1.29 is 9.90 Å². The molecule has 0 bridgehead atoms. The van der Waals surface area contributed by atoms with E-state index >= 15 is 0 Å². The van der Waals surface area contributed by atoms with Crippen molar-refractivity contribution in [1.82, 2.24) is 19.9 Å². The summed E-state index contributed by atoms with van der Waals surface area (Å²) in [5.74, 6) is -0.347. The maximum absolute atomic E-state index is 11.1. The van der Waals surface area contributed by atoms with Gasteiger partial charge in [0.25, 0.3) is 0 Å². The Morgan fingerprint density at radius 2 is 2.14 bits per heavy atom. The Hall–Kier alpha value is -2.58. The molecule has 9 heteroatoms. The smallest absolute Gasteiger partial charge is 0.348 e. The van der Waals surface area contributed by atoms with Crippen molar-refractivity contribution in [2.75, 3.05) is 5.32 Å². The minimum absolute atomic E-state index is 0.189. The first-order chi connectivity index (χ1) is 10.6. The first-order valence-corrected chi connectivity index (χ1v) is 7.28. The van der Waals surface area contributed by atoms with Gasteiger partial charge in [0, 0.05) is 11.8 Å². The van der Waals surface area contributed by atoms with Gasteiger partial charge in [-0.25, -0.2) is 19.7 Å². The monoisotopic (exact) mass is 333 g/mol. The number of pyridine rings is 1. The van der Waals surface area contributed by atoms with Crippen LogP contribution in [0.5, 0.6) is 0 Å². The number of aromatic carboxylic acids is 1. The summed E-state index contributed by atoms with van der Waals surface area (Å²) < 4.78 is 0. The number of rotatable bonds is 4. The lowest BCUT2D eigenvalue weighted by Crippen LogP contribution is -2.03. The zero-order valence-electron chi connectivity index (χ0n) is 10.9. The highest BCUT2D eigenvalue weighted by Gasteiger charge is 2.13. The molecule has 0 amide bonds. The Bertz CT molecular complexity index is 839. The van der Waals surface area contributed by atoms with Gasteiger partial charge in [0.05, 0.1) is 5.69 Å². The van der Waals surface area contributed by atoms with Crippen LogP contribution in [0, 0.1) is 0 Å². The van der Waals surface area contributed by atoms with Crippen molar-refractivity contribution in [1.29, 1.82) is 0 Å². The number of halogens is 1. The molecule has 2 N–H and O–H groups in total. The molecule has 0 aliphatic carbocycles. The third-order valence-electron chi connectivity index (χ3n) is 2.66. The average Bonchev–Trinajstić information content (AvgIpc) is 2.96. The van der Waals surface area contributed by atoms with Crippen LogP contribution in [0.3, 0.4) is 0 Å². The second kappa shape index (κ2) is 6.04. The minimum Gasteiger partial charge on any atom is -0.477 e. The lowest BCUT2D eigenvalue weighted by Gasteiger charge is -2.05. The highest BCUT2D eigenvalue weighted by Crippen LogP contribution is 2.25. The van der Waals surface area contributed by atoms with E-state index in [9.17, 15) is 4.79 Å². The van der Waals surface area contributed by atoms with Crippen LogP contribution in [0.2, 0.25) is 5.15 Å². The molecule has 3 heterocycles. The van der Waals surface area contributed by atoms with Gasteiger partial charge in [0.1, 0.15) is 16.4 Å². The van der Waals surface area contributed by atoms with Crippen LogP contribution in [-0.2, 0) is 0 Å². The maximum Gasteiger partial charge on any atom is 0.348 e. The number of carboxylic acid groups (broad SMARTS) is 1. The molecule has 7 nitrogen and oxygen atoms in total. The number of carboxylic acids is 1. The second-order valence-corrected chi connectivity index (χ2v) is 5.40. The summed E-state index contributed by atoms with van der Waals surface area (Å²) in [6, 6.07) is 5.01. The number of aromatic nitrogens is 4. The largest absolute Gasteiger partial charge is 0.477 e. The number of nitrogens with one attached hydrogen (secondary N) is 1. The second-order valence-electron chi connectivity index (χ2n) is 4.09. The van der Waals surface area contributed by atoms with E-state index in [1.165, 1.54) is 6.33 Å². The SMILES string of the molecule is O=C(O)c1sccc1Nc1ncnc(-c2ccnc(Cl)c2)n1.